The van der Waals surface area contributed by atoms with Gasteiger partial charge in [-0.25, -0.2) is 8.78 Å². The number of Topliss-reactive ketones (excluding diaryl/α,β-unsaturated/α-hetero) is 1. The van der Waals surface area contributed by atoms with Gasteiger partial charge in [-0.05, 0) is 41.3 Å². The second-order valence-electron chi connectivity index (χ2n) is 6.34. The first-order chi connectivity index (χ1) is 13.9. The third-order valence-corrected chi connectivity index (χ3v) is 5.43. The van der Waals surface area contributed by atoms with Crippen molar-refractivity contribution < 1.29 is 28.6 Å². The van der Waals surface area contributed by atoms with Crippen molar-refractivity contribution in [3.63, 3.8) is 0 Å². The molecule has 146 valence electrons. The summed E-state index contributed by atoms with van der Waals surface area (Å²) in [5.41, 5.74) is 0.0857. The van der Waals surface area contributed by atoms with Crippen LogP contribution in [0, 0.1) is 11.6 Å². The number of benzene rings is 2. The molecular formula is C21H13F2NO4S. The van der Waals surface area contributed by atoms with Crippen molar-refractivity contribution in [3.05, 3.63) is 93.4 Å². The Morgan fingerprint density at radius 1 is 1.00 bits per heavy atom. The predicted molar refractivity (Wildman–Crippen MR) is 103 cm³/mol. The number of aromatic hydroxyl groups is 1. The number of carbonyl (C=O) groups excluding carboxylic acids is 2. The summed E-state index contributed by atoms with van der Waals surface area (Å²) in [6, 6.07) is 10.7. The number of amides is 1. The van der Waals surface area contributed by atoms with Gasteiger partial charge in [-0.2, -0.15) is 0 Å². The summed E-state index contributed by atoms with van der Waals surface area (Å²) in [5, 5.41) is 22.1. The highest BCUT2D eigenvalue weighted by atomic mass is 32.1. The monoisotopic (exact) mass is 413 g/mol. The van der Waals surface area contributed by atoms with E-state index in [1.54, 1.807) is 23.6 Å². The summed E-state index contributed by atoms with van der Waals surface area (Å²) < 4.78 is 27.2. The van der Waals surface area contributed by atoms with E-state index in [9.17, 15) is 28.6 Å². The van der Waals surface area contributed by atoms with E-state index >= 15 is 0 Å². The normalized spacial score (nSPS) is 16.6. The van der Waals surface area contributed by atoms with Crippen molar-refractivity contribution in [2.24, 2.45) is 0 Å². The third kappa shape index (κ3) is 3.17. The molecule has 29 heavy (non-hydrogen) atoms. The summed E-state index contributed by atoms with van der Waals surface area (Å²) in [6.45, 7) is 0. The van der Waals surface area contributed by atoms with Gasteiger partial charge >= 0.3 is 0 Å². The predicted octanol–water partition coefficient (Wildman–Crippen LogP) is 4.51. The van der Waals surface area contributed by atoms with Crippen LogP contribution >= 0.6 is 11.3 Å². The van der Waals surface area contributed by atoms with Gasteiger partial charge in [0.25, 0.3) is 5.91 Å². The molecule has 2 aromatic carbocycles. The number of phenolic OH excluding ortho intramolecular Hbond substituents is 1. The standard InChI is InChI=1S/C21H13F2NO4S/c22-14-7-6-12(10-15(14)23)24-18(11-3-1-4-13(25)9-11)17(20(27)21(24)28)19(26)16-5-2-8-29-16/h1-10,18,25,27H. The maximum Gasteiger partial charge on any atom is 0.294 e. The van der Waals surface area contributed by atoms with E-state index in [2.05, 4.69) is 0 Å². The van der Waals surface area contributed by atoms with Gasteiger partial charge in [-0.3, -0.25) is 14.5 Å². The van der Waals surface area contributed by atoms with Crippen LogP contribution in [-0.2, 0) is 4.79 Å². The first-order valence-electron chi connectivity index (χ1n) is 8.47. The largest absolute Gasteiger partial charge is 0.508 e. The summed E-state index contributed by atoms with van der Waals surface area (Å²) in [7, 11) is 0. The number of thiophene rings is 1. The quantitative estimate of drug-likeness (QED) is 0.617. The minimum Gasteiger partial charge on any atom is -0.508 e. The number of ketones is 1. The molecule has 1 atom stereocenters. The lowest BCUT2D eigenvalue weighted by molar-refractivity contribution is -0.117. The van der Waals surface area contributed by atoms with Crippen LogP contribution in [0.4, 0.5) is 14.5 Å². The van der Waals surface area contributed by atoms with E-state index in [0.717, 1.165) is 28.4 Å². The van der Waals surface area contributed by atoms with Crippen molar-refractivity contribution in [2.45, 2.75) is 6.04 Å². The Hall–Kier alpha value is -3.52. The number of hydrogen-bond donors (Lipinski definition) is 2. The average Bonchev–Trinajstić information content (AvgIpc) is 3.32. The van der Waals surface area contributed by atoms with Gasteiger partial charge in [0.1, 0.15) is 5.75 Å². The van der Waals surface area contributed by atoms with Gasteiger partial charge in [0.15, 0.2) is 17.4 Å². The number of phenols is 1. The number of nitrogens with zero attached hydrogens (tertiary/aromatic N) is 1. The molecule has 0 spiro atoms. The number of carbonyl (C=O) groups is 2. The zero-order chi connectivity index (χ0) is 20.7. The number of aliphatic hydroxyl groups excluding tert-OH is 1. The van der Waals surface area contributed by atoms with Crippen LogP contribution in [0.1, 0.15) is 21.3 Å². The lowest BCUT2D eigenvalue weighted by Crippen LogP contribution is -2.31. The molecule has 1 aliphatic heterocycles. The van der Waals surface area contributed by atoms with Crippen molar-refractivity contribution in [2.75, 3.05) is 4.90 Å². The topological polar surface area (TPSA) is 77.8 Å². The van der Waals surface area contributed by atoms with E-state index in [4.69, 9.17) is 0 Å². The zero-order valence-electron chi connectivity index (χ0n) is 14.7. The van der Waals surface area contributed by atoms with Crippen LogP contribution in [0.2, 0.25) is 0 Å². The summed E-state index contributed by atoms with van der Waals surface area (Å²) in [6.07, 6.45) is 0. The molecule has 0 fully saturated rings. The lowest BCUT2D eigenvalue weighted by atomic mass is 9.95. The lowest BCUT2D eigenvalue weighted by Gasteiger charge is -2.27. The highest BCUT2D eigenvalue weighted by Crippen LogP contribution is 2.43. The molecule has 3 aromatic rings. The number of aliphatic hydroxyl groups is 1. The molecular weight excluding hydrogens is 400 g/mol. The molecule has 1 aromatic heterocycles. The molecule has 5 nitrogen and oxygen atoms in total. The first-order valence-corrected chi connectivity index (χ1v) is 9.35. The van der Waals surface area contributed by atoms with Crippen LogP contribution in [0.5, 0.6) is 5.75 Å². The molecule has 1 aliphatic rings. The molecule has 0 aliphatic carbocycles. The third-order valence-electron chi connectivity index (χ3n) is 4.57. The fourth-order valence-corrected chi connectivity index (χ4v) is 3.97. The van der Waals surface area contributed by atoms with E-state index in [1.807, 2.05) is 0 Å². The van der Waals surface area contributed by atoms with Crippen molar-refractivity contribution in [1.29, 1.82) is 0 Å². The summed E-state index contributed by atoms with van der Waals surface area (Å²) in [4.78, 5) is 27.2. The zero-order valence-corrected chi connectivity index (χ0v) is 15.5. The number of anilines is 1. The molecule has 1 amide bonds. The maximum atomic E-state index is 13.8. The van der Waals surface area contributed by atoms with E-state index < -0.39 is 35.1 Å². The molecule has 0 saturated carbocycles. The molecule has 2 heterocycles. The van der Waals surface area contributed by atoms with Crippen molar-refractivity contribution in [3.8, 4) is 5.75 Å². The van der Waals surface area contributed by atoms with Crippen LogP contribution < -0.4 is 4.90 Å². The van der Waals surface area contributed by atoms with Gasteiger partial charge in [-0.1, -0.05) is 18.2 Å². The molecule has 2 N–H and O–H groups in total. The van der Waals surface area contributed by atoms with E-state index in [-0.39, 0.29) is 17.0 Å². The maximum absolute atomic E-state index is 13.8. The van der Waals surface area contributed by atoms with Gasteiger partial charge < -0.3 is 10.2 Å². The highest BCUT2D eigenvalue weighted by Gasteiger charge is 2.45. The van der Waals surface area contributed by atoms with E-state index in [0.29, 0.717) is 10.4 Å². The van der Waals surface area contributed by atoms with Gasteiger partial charge in [-0.15, -0.1) is 11.3 Å². The second kappa shape index (κ2) is 7.14. The smallest absolute Gasteiger partial charge is 0.294 e. The molecule has 0 saturated heterocycles. The fourth-order valence-electron chi connectivity index (χ4n) is 3.29. The van der Waals surface area contributed by atoms with Crippen molar-refractivity contribution in [1.82, 2.24) is 0 Å². The number of rotatable bonds is 4. The van der Waals surface area contributed by atoms with E-state index in [1.165, 1.54) is 24.3 Å². The van der Waals surface area contributed by atoms with Crippen molar-refractivity contribution >= 4 is 28.7 Å². The Kier molecular flexibility index (Phi) is 4.63. The Morgan fingerprint density at radius 2 is 1.79 bits per heavy atom. The van der Waals surface area contributed by atoms with Gasteiger partial charge in [0.05, 0.1) is 16.5 Å². The second-order valence-corrected chi connectivity index (χ2v) is 7.29. The Balaban J connectivity index is 1.91. The Bertz CT molecular complexity index is 1160. The minimum atomic E-state index is -1.18. The molecule has 0 bridgehead atoms. The first kappa shape index (κ1) is 18.8. The Morgan fingerprint density at radius 3 is 2.45 bits per heavy atom. The van der Waals surface area contributed by atoms with Crippen LogP contribution in [0.15, 0.2) is 71.3 Å². The van der Waals surface area contributed by atoms with Crippen LogP contribution in [0.25, 0.3) is 0 Å². The number of halogens is 2. The van der Waals surface area contributed by atoms with Gasteiger partial charge in [0.2, 0.25) is 5.78 Å². The molecule has 8 heteroatoms. The molecule has 1 unspecified atom stereocenters. The summed E-state index contributed by atoms with van der Waals surface area (Å²) in [5.74, 6) is -4.66. The van der Waals surface area contributed by atoms with Crippen LogP contribution in [0.3, 0.4) is 0 Å². The number of hydrogen-bond acceptors (Lipinski definition) is 5. The SMILES string of the molecule is O=C(C1=C(O)C(=O)N(c2ccc(F)c(F)c2)C1c1cccc(O)c1)c1cccs1. The fraction of sp³-hybridized carbons (Fsp3) is 0.0476. The minimum absolute atomic E-state index is 0.0391. The van der Waals surface area contributed by atoms with Crippen LogP contribution in [-0.4, -0.2) is 21.9 Å². The Labute approximate surface area is 167 Å². The molecule has 0 radical (unpaired) electrons. The van der Waals surface area contributed by atoms with Gasteiger partial charge in [0, 0.05) is 11.8 Å². The average molecular weight is 413 g/mol. The molecule has 4 rings (SSSR count). The summed E-state index contributed by atoms with van der Waals surface area (Å²) >= 11 is 1.14. The highest BCUT2D eigenvalue weighted by molar-refractivity contribution is 7.12.